The third-order valence-corrected chi connectivity index (χ3v) is 4.32. The molecule has 1 aliphatic heterocycles. The Bertz CT molecular complexity index is 509. The predicted molar refractivity (Wildman–Crippen MR) is 80.6 cm³/mol. The Morgan fingerprint density at radius 1 is 1.29 bits per heavy atom. The molecular weight excluding hydrogens is 266 g/mol. The Hall–Kier alpha value is -1.55. The van der Waals surface area contributed by atoms with Gasteiger partial charge in [0.15, 0.2) is 6.10 Å². The molecule has 0 radical (unpaired) electrons. The van der Waals surface area contributed by atoms with Crippen LogP contribution in [0.3, 0.4) is 0 Å². The first kappa shape index (κ1) is 14.4. The van der Waals surface area contributed by atoms with E-state index < -0.39 is 0 Å². The summed E-state index contributed by atoms with van der Waals surface area (Å²) < 4.78 is 11.3. The molecule has 1 aromatic carbocycles. The van der Waals surface area contributed by atoms with E-state index in [4.69, 9.17) is 9.47 Å². The zero-order valence-electron chi connectivity index (χ0n) is 12.6. The van der Waals surface area contributed by atoms with E-state index >= 15 is 0 Å². The number of amides is 1. The SMILES string of the molecule is CC[C@H](Oc1ccc2c(c1)CCC2)C(=O)N1CCOCC1. The predicted octanol–water partition coefficient (Wildman–Crippen LogP) is 2.19. The van der Waals surface area contributed by atoms with E-state index in [0.29, 0.717) is 32.7 Å². The van der Waals surface area contributed by atoms with Gasteiger partial charge in [-0.05, 0) is 48.9 Å². The van der Waals surface area contributed by atoms with E-state index in [9.17, 15) is 4.79 Å². The second-order valence-corrected chi connectivity index (χ2v) is 5.74. The number of nitrogens with zero attached hydrogens (tertiary/aromatic N) is 1. The molecule has 1 saturated heterocycles. The molecule has 4 nitrogen and oxygen atoms in total. The molecule has 2 aliphatic rings. The zero-order chi connectivity index (χ0) is 14.7. The van der Waals surface area contributed by atoms with E-state index in [1.807, 2.05) is 17.9 Å². The van der Waals surface area contributed by atoms with Crippen LogP contribution in [0.15, 0.2) is 18.2 Å². The van der Waals surface area contributed by atoms with Gasteiger partial charge in [0.2, 0.25) is 0 Å². The van der Waals surface area contributed by atoms with Crippen molar-refractivity contribution in [3.8, 4) is 5.75 Å². The molecule has 1 aliphatic carbocycles. The molecule has 1 fully saturated rings. The molecule has 0 N–H and O–H groups in total. The van der Waals surface area contributed by atoms with E-state index in [-0.39, 0.29) is 12.0 Å². The number of carbonyl (C=O) groups is 1. The van der Waals surface area contributed by atoms with Crippen molar-refractivity contribution < 1.29 is 14.3 Å². The van der Waals surface area contributed by atoms with Gasteiger partial charge < -0.3 is 14.4 Å². The molecule has 1 heterocycles. The Balaban J connectivity index is 1.67. The van der Waals surface area contributed by atoms with Gasteiger partial charge in [-0.25, -0.2) is 0 Å². The van der Waals surface area contributed by atoms with E-state index in [1.54, 1.807) is 0 Å². The van der Waals surface area contributed by atoms with Crippen LogP contribution in [-0.2, 0) is 22.4 Å². The van der Waals surface area contributed by atoms with Gasteiger partial charge in [-0.2, -0.15) is 0 Å². The standard InChI is InChI=1S/C17H23NO3/c1-2-16(17(19)18-8-10-20-11-9-18)21-15-7-6-13-4-3-5-14(13)12-15/h6-7,12,16H,2-5,8-11H2,1H3/t16-/m0/s1. The van der Waals surface area contributed by atoms with Crippen LogP contribution in [0.5, 0.6) is 5.75 Å². The molecule has 0 unspecified atom stereocenters. The summed E-state index contributed by atoms with van der Waals surface area (Å²) in [4.78, 5) is 14.4. The minimum atomic E-state index is -0.387. The summed E-state index contributed by atoms with van der Waals surface area (Å²) >= 11 is 0. The Morgan fingerprint density at radius 3 is 2.81 bits per heavy atom. The quantitative estimate of drug-likeness (QED) is 0.853. The van der Waals surface area contributed by atoms with Crippen LogP contribution in [0.25, 0.3) is 0 Å². The highest BCUT2D eigenvalue weighted by Gasteiger charge is 2.26. The Labute approximate surface area is 126 Å². The number of ether oxygens (including phenoxy) is 2. The second-order valence-electron chi connectivity index (χ2n) is 5.74. The maximum absolute atomic E-state index is 12.5. The first-order chi connectivity index (χ1) is 10.3. The summed E-state index contributed by atoms with van der Waals surface area (Å²) in [5, 5.41) is 0. The number of benzene rings is 1. The number of aryl methyl sites for hydroxylation is 2. The number of morpholine rings is 1. The van der Waals surface area contributed by atoms with Gasteiger partial charge in [0.25, 0.3) is 5.91 Å². The molecule has 0 bridgehead atoms. The first-order valence-corrected chi connectivity index (χ1v) is 7.93. The number of hydrogen-bond acceptors (Lipinski definition) is 3. The molecule has 3 rings (SSSR count). The highest BCUT2D eigenvalue weighted by Crippen LogP contribution is 2.27. The summed E-state index contributed by atoms with van der Waals surface area (Å²) in [5.41, 5.74) is 2.80. The van der Waals surface area contributed by atoms with Gasteiger partial charge in [-0.15, -0.1) is 0 Å². The van der Waals surface area contributed by atoms with Crippen molar-refractivity contribution in [3.63, 3.8) is 0 Å². The maximum Gasteiger partial charge on any atom is 0.263 e. The monoisotopic (exact) mass is 289 g/mol. The summed E-state index contributed by atoms with van der Waals surface area (Å²) in [5.74, 6) is 0.908. The fourth-order valence-electron chi connectivity index (χ4n) is 3.08. The van der Waals surface area contributed by atoms with Crippen molar-refractivity contribution >= 4 is 5.91 Å². The van der Waals surface area contributed by atoms with Gasteiger partial charge in [-0.1, -0.05) is 13.0 Å². The van der Waals surface area contributed by atoms with Gasteiger partial charge >= 0.3 is 0 Å². The van der Waals surface area contributed by atoms with Crippen LogP contribution in [0.1, 0.15) is 30.9 Å². The van der Waals surface area contributed by atoms with Crippen molar-refractivity contribution in [1.29, 1.82) is 0 Å². The van der Waals surface area contributed by atoms with Gasteiger partial charge in [-0.3, -0.25) is 4.79 Å². The van der Waals surface area contributed by atoms with Crippen LogP contribution < -0.4 is 4.74 Å². The topological polar surface area (TPSA) is 38.8 Å². The summed E-state index contributed by atoms with van der Waals surface area (Å²) in [7, 11) is 0. The smallest absolute Gasteiger partial charge is 0.263 e. The van der Waals surface area contributed by atoms with Crippen LogP contribution in [0.4, 0.5) is 0 Å². The lowest BCUT2D eigenvalue weighted by molar-refractivity contribution is -0.142. The van der Waals surface area contributed by atoms with E-state index in [0.717, 1.165) is 12.2 Å². The first-order valence-electron chi connectivity index (χ1n) is 7.93. The van der Waals surface area contributed by atoms with Crippen molar-refractivity contribution in [2.75, 3.05) is 26.3 Å². The van der Waals surface area contributed by atoms with Crippen LogP contribution in [-0.4, -0.2) is 43.2 Å². The zero-order valence-corrected chi connectivity index (χ0v) is 12.6. The fourth-order valence-corrected chi connectivity index (χ4v) is 3.08. The summed E-state index contributed by atoms with van der Waals surface area (Å²) in [6.45, 7) is 4.59. The normalized spacial score (nSPS) is 19.2. The maximum atomic E-state index is 12.5. The van der Waals surface area contributed by atoms with Crippen molar-refractivity contribution in [1.82, 2.24) is 4.90 Å². The molecule has 1 aromatic rings. The number of rotatable bonds is 4. The number of hydrogen-bond donors (Lipinski definition) is 0. The molecule has 4 heteroatoms. The van der Waals surface area contributed by atoms with Crippen LogP contribution in [0.2, 0.25) is 0 Å². The molecule has 0 spiro atoms. The number of fused-ring (bicyclic) bond motifs is 1. The summed E-state index contributed by atoms with van der Waals surface area (Å²) in [6, 6.07) is 6.25. The second kappa shape index (κ2) is 6.48. The highest BCUT2D eigenvalue weighted by atomic mass is 16.5. The lowest BCUT2D eigenvalue weighted by atomic mass is 10.1. The molecule has 1 amide bonds. The van der Waals surface area contributed by atoms with Crippen molar-refractivity contribution in [2.45, 2.75) is 38.7 Å². The van der Waals surface area contributed by atoms with Gasteiger partial charge in [0, 0.05) is 13.1 Å². The van der Waals surface area contributed by atoms with Gasteiger partial charge in [0.05, 0.1) is 13.2 Å². The lowest BCUT2D eigenvalue weighted by Crippen LogP contribution is -2.47. The van der Waals surface area contributed by atoms with Crippen molar-refractivity contribution in [3.05, 3.63) is 29.3 Å². The molecule has 0 aromatic heterocycles. The average Bonchev–Trinajstić information content (AvgIpc) is 3.00. The van der Waals surface area contributed by atoms with Gasteiger partial charge in [0.1, 0.15) is 5.75 Å². The van der Waals surface area contributed by atoms with E-state index in [2.05, 4.69) is 12.1 Å². The Morgan fingerprint density at radius 2 is 2.05 bits per heavy atom. The minimum absolute atomic E-state index is 0.0845. The molecule has 21 heavy (non-hydrogen) atoms. The minimum Gasteiger partial charge on any atom is -0.481 e. The summed E-state index contributed by atoms with van der Waals surface area (Å²) in [6.07, 6.45) is 3.82. The molecule has 0 saturated carbocycles. The lowest BCUT2D eigenvalue weighted by Gasteiger charge is -2.30. The third kappa shape index (κ3) is 3.21. The van der Waals surface area contributed by atoms with Crippen molar-refractivity contribution in [2.24, 2.45) is 0 Å². The van der Waals surface area contributed by atoms with Crippen LogP contribution in [0, 0.1) is 0 Å². The highest BCUT2D eigenvalue weighted by molar-refractivity contribution is 5.81. The molecule has 114 valence electrons. The number of carbonyl (C=O) groups excluding carboxylic acids is 1. The Kier molecular flexibility index (Phi) is 4.44. The molecular formula is C17H23NO3. The third-order valence-electron chi connectivity index (χ3n) is 4.32. The largest absolute Gasteiger partial charge is 0.481 e. The van der Waals surface area contributed by atoms with E-state index in [1.165, 1.54) is 24.0 Å². The molecule has 1 atom stereocenters. The average molecular weight is 289 g/mol. The fraction of sp³-hybridized carbons (Fsp3) is 0.588. The van der Waals surface area contributed by atoms with Crippen LogP contribution >= 0.6 is 0 Å².